The number of benzene rings is 1. The first-order valence-electron chi connectivity index (χ1n) is 9.95. The van der Waals surface area contributed by atoms with E-state index >= 15 is 0 Å². The van der Waals surface area contributed by atoms with E-state index in [-0.39, 0.29) is 24.4 Å². The highest BCUT2D eigenvalue weighted by atomic mass is 35.5. The van der Waals surface area contributed by atoms with E-state index in [4.69, 9.17) is 9.47 Å². The number of ether oxygens (including phenoxy) is 2. The quantitative estimate of drug-likeness (QED) is 0.697. The van der Waals surface area contributed by atoms with Crippen LogP contribution in [0.5, 0.6) is 5.75 Å². The van der Waals surface area contributed by atoms with E-state index < -0.39 is 0 Å². The Hall–Kier alpha value is -2.09. The number of hydrogen-bond donors (Lipinski definition) is 1. The van der Waals surface area contributed by atoms with Crippen molar-refractivity contribution in [3.63, 3.8) is 0 Å². The van der Waals surface area contributed by atoms with Crippen LogP contribution in [0, 0.1) is 0 Å². The summed E-state index contributed by atoms with van der Waals surface area (Å²) >= 11 is 0. The highest BCUT2D eigenvalue weighted by Crippen LogP contribution is 2.31. The van der Waals surface area contributed by atoms with Gasteiger partial charge < -0.3 is 19.7 Å². The van der Waals surface area contributed by atoms with E-state index in [0.29, 0.717) is 36.7 Å². The van der Waals surface area contributed by atoms with E-state index in [1.54, 1.807) is 18.0 Å². The van der Waals surface area contributed by atoms with Gasteiger partial charge in [-0.15, -0.1) is 12.4 Å². The first kappa shape index (κ1) is 21.6. The zero-order valence-corrected chi connectivity index (χ0v) is 17.7. The van der Waals surface area contributed by atoms with Crippen molar-refractivity contribution in [3.8, 4) is 11.4 Å². The molecule has 1 amide bonds. The lowest BCUT2D eigenvalue weighted by Crippen LogP contribution is -2.48. The van der Waals surface area contributed by atoms with Crippen molar-refractivity contribution in [2.45, 2.75) is 43.8 Å². The second kappa shape index (κ2) is 9.61. The Morgan fingerprint density at radius 3 is 2.55 bits per heavy atom. The number of aromatic nitrogens is 2. The molecule has 1 N–H and O–H groups in total. The second-order valence-corrected chi connectivity index (χ2v) is 7.64. The average Bonchev–Trinajstić information content (AvgIpc) is 3.30. The summed E-state index contributed by atoms with van der Waals surface area (Å²) in [5, 5.41) is 8.20. The molecule has 2 saturated heterocycles. The van der Waals surface area contributed by atoms with Crippen LogP contribution >= 0.6 is 12.4 Å². The maximum atomic E-state index is 13.3. The molecule has 2 bridgehead atoms. The number of carbonyl (C=O) groups excluding carboxylic acids is 1. The topological polar surface area (TPSA) is 68.6 Å². The second-order valence-electron chi connectivity index (χ2n) is 7.64. The standard InChI is InChI=1S/C21H28N4O3.ClH/c1-24(18-12-15-8-9-16(13-18)22-15)21(26)20-19(28-11-10-27-2)14-25(23-20)17-6-4-3-5-7-17;/h3-7,14-16,18,22H,8-13H2,1-2H3;1H. The molecule has 1 aromatic carbocycles. The van der Waals surface area contributed by atoms with Crippen LogP contribution in [-0.2, 0) is 4.74 Å². The summed E-state index contributed by atoms with van der Waals surface area (Å²) in [5.74, 6) is 0.406. The number of carbonyl (C=O) groups is 1. The highest BCUT2D eigenvalue weighted by Gasteiger charge is 2.37. The van der Waals surface area contributed by atoms with Gasteiger partial charge in [0.25, 0.3) is 5.91 Å². The molecule has 3 heterocycles. The molecule has 2 atom stereocenters. The van der Waals surface area contributed by atoms with Gasteiger partial charge in [0.2, 0.25) is 0 Å². The van der Waals surface area contributed by atoms with Crippen molar-refractivity contribution in [3.05, 3.63) is 42.2 Å². The molecule has 0 spiro atoms. The number of fused-ring (bicyclic) bond motifs is 2. The van der Waals surface area contributed by atoms with Crippen LogP contribution in [0.2, 0.25) is 0 Å². The minimum absolute atomic E-state index is 0. The SMILES string of the molecule is COCCOc1cn(-c2ccccc2)nc1C(=O)N(C)C1CC2CCC(C1)N2.Cl. The molecular formula is C21H29ClN4O3. The van der Waals surface area contributed by atoms with Crippen molar-refractivity contribution < 1.29 is 14.3 Å². The van der Waals surface area contributed by atoms with E-state index in [1.165, 1.54) is 12.8 Å². The van der Waals surface area contributed by atoms with Gasteiger partial charge in [-0.3, -0.25) is 4.79 Å². The normalized spacial score (nSPS) is 22.8. The maximum Gasteiger partial charge on any atom is 0.278 e. The summed E-state index contributed by atoms with van der Waals surface area (Å²) in [6.07, 6.45) is 6.18. The summed E-state index contributed by atoms with van der Waals surface area (Å²) in [5.41, 5.74) is 1.24. The molecule has 0 saturated carbocycles. The first-order chi connectivity index (χ1) is 13.7. The molecular weight excluding hydrogens is 392 g/mol. The zero-order chi connectivity index (χ0) is 19.5. The number of halogens is 1. The molecule has 2 unspecified atom stereocenters. The van der Waals surface area contributed by atoms with Crippen LogP contribution in [0.4, 0.5) is 0 Å². The van der Waals surface area contributed by atoms with Crippen LogP contribution in [0.15, 0.2) is 36.5 Å². The molecule has 0 aliphatic carbocycles. The number of nitrogens with one attached hydrogen (secondary N) is 1. The number of amides is 1. The van der Waals surface area contributed by atoms with Crippen LogP contribution in [0.25, 0.3) is 5.69 Å². The fourth-order valence-electron chi connectivity index (χ4n) is 4.24. The van der Waals surface area contributed by atoms with Crippen molar-refractivity contribution in [1.82, 2.24) is 20.0 Å². The molecule has 2 aliphatic rings. The fourth-order valence-corrected chi connectivity index (χ4v) is 4.24. The number of para-hydroxylation sites is 1. The Labute approximate surface area is 177 Å². The lowest BCUT2D eigenvalue weighted by atomic mass is 9.98. The number of nitrogens with zero attached hydrogens (tertiary/aromatic N) is 3. The van der Waals surface area contributed by atoms with E-state index in [0.717, 1.165) is 18.5 Å². The van der Waals surface area contributed by atoms with E-state index in [1.807, 2.05) is 42.3 Å². The third kappa shape index (κ3) is 4.74. The third-order valence-corrected chi connectivity index (χ3v) is 5.77. The van der Waals surface area contributed by atoms with Gasteiger partial charge in [0.05, 0.1) is 18.5 Å². The molecule has 0 radical (unpaired) electrons. The number of methoxy groups -OCH3 is 1. The van der Waals surface area contributed by atoms with Crippen molar-refractivity contribution in [1.29, 1.82) is 0 Å². The minimum atomic E-state index is -0.0894. The Balaban J connectivity index is 0.00000240. The number of rotatable bonds is 7. The Bertz CT molecular complexity index is 802. The largest absolute Gasteiger partial charge is 0.487 e. The highest BCUT2D eigenvalue weighted by molar-refractivity contribution is 5.95. The van der Waals surface area contributed by atoms with Gasteiger partial charge in [-0.25, -0.2) is 4.68 Å². The van der Waals surface area contributed by atoms with Crippen LogP contribution in [-0.4, -0.2) is 66.1 Å². The van der Waals surface area contributed by atoms with Gasteiger partial charge in [0.15, 0.2) is 11.4 Å². The third-order valence-electron chi connectivity index (χ3n) is 5.77. The van der Waals surface area contributed by atoms with Gasteiger partial charge in [-0.05, 0) is 37.8 Å². The van der Waals surface area contributed by atoms with Crippen LogP contribution < -0.4 is 10.1 Å². The average molecular weight is 421 g/mol. The fraction of sp³-hybridized carbons (Fsp3) is 0.524. The van der Waals surface area contributed by atoms with Gasteiger partial charge in [-0.2, -0.15) is 5.10 Å². The Morgan fingerprint density at radius 1 is 1.21 bits per heavy atom. The van der Waals surface area contributed by atoms with E-state index in [9.17, 15) is 4.79 Å². The van der Waals surface area contributed by atoms with Crippen molar-refractivity contribution >= 4 is 18.3 Å². The predicted molar refractivity (Wildman–Crippen MR) is 113 cm³/mol. The van der Waals surface area contributed by atoms with Gasteiger partial charge >= 0.3 is 0 Å². The first-order valence-corrected chi connectivity index (χ1v) is 9.95. The van der Waals surface area contributed by atoms with Crippen molar-refractivity contribution in [2.24, 2.45) is 0 Å². The Morgan fingerprint density at radius 2 is 1.90 bits per heavy atom. The maximum absolute atomic E-state index is 13.3. The number of hydrogen-bond acceptors (Lipinski definition) is 5. The lowest BCUT2D eigenvalue weighted by molar-refractivity contribution is 0.0668. The molecule has 7 nitrogen and oxygen atoms in total. The summed E-state index contributed by atoms with van der Waals surface area (Å²) in [6, 6.07) is 11.0. The monoisotopic (exact) mass is 420 g/mol. The summed E-state index contributed by atoms with van der Waals surface area (Å²) in [7, 11) is 3.51. The number of piperidine rings is 1. The molecule has 1 aromatic heterocycles. The minimum Gasteiger partial charge on any atom is -0.487 e. The smallest absolute Gasteiger partial charge is 0.278 e. The summed E-state index contributed by atoms with van der Waals surface area (Å²) in [4.78, 5) is 15.1. The molecule has 2 aliphatic heterocycles. The predicted octanol–water partition coefficient (Wildman–Crippen LogP) is 2.67. The molecule has 29 heavy (non-hydrogen) atoms. The molecule has 4 rings (SSSR count). The molecule has 2 fully saturated rings. The lowest BCUT2D eigenvalue weighted by Gasteiger charge is -2.35. The summed E-state index contributed by atoms with van der Waals surface area (Å²) in [6.45, 7) is 0.829. The van der Waals surface area contributed by atoms with Crippen molar-refractivity contribution in [2.75, 3.05) is 27.4 Å². The van der Waals surface area contributed by atoms with Gasteiger partial charge in [-0.1, -0.05) is 18.2 Å². The zero-order valence-electron chi connectivity index (χ0n) is 16.9. The van der Waals surface area contributed by atoms with E-state index in [2.05, 4.69) is 10.4 Å². The van der Waals surface area contributed by atoms with Crippen LogP contribution in [0.1, 0.15) is 36.2 Å². The van der Waals surface area contributed by atoms with Gasteiger partial charge in [0, 0.05) is 32.3 Å². The molecule has 8 heteroatoms. The molecule has 2 aromatic rings. The van der Waals surface area contributed by atoms with Gasteiger partial charge in [0.1, 0.15) is 6.61 Å². The summed E-state index contributed by atoms with van der Waals surface area (Å²) < 4.78 is 12.6. The molecule has 158 valence electrons. The van der Waals surface area contributed by atoms with Crippen LogP contribution in [0.3, 0.4) is 0 Å². The Kier molecular flexibility index (Phi) is 7.16.